The monoisotopic (exact) mass is 570 g/mol. The standard InChI is InChI=1S/2C10H10O7S.Mg/c2*1-16-9(11)7-4-3-6(18(13,14)15)5-8(7)10(12)17-2;/h2*3-5H,1-2H3,(H,13,14,15);/q;;+2/p-2. The van der Waals surface area contributed by atoms with Crippen LogP contribution in [0.25, 0.3) is 0 Å². The van der Waals surface area contributed by atoms with Gasteiger partial charge in [-0.25, -0.2) is 36.0 Å². The molecule has 0 amide bonds. The van der Waals surface area contributed by atoms with Gasteiger partial charge in [0.2, 0.25) is 0 Å². The number of methoxy groups -OCH3 is 4. The molecule has 0 spiro atoms. The zero-order valence-electron chi connectivity index (χ0n) is 19.7. The van der Waals surface area contributed by atoms with Gasteiger partial charge in [0.25, 0.3) is 0 Å². The maximum absolute atomic E-state index is 11.4. The van der Waals surface area contributed by atoms with E-state index in [4.69, 9.17) is 0 Å². The van der Waals surface area contributed by atoms with E-state index in [1.54, 1.807) is 0 Å². The molecule has 0 radical (unpaired) electrons. The molecule has 0 aliphatic heterocycles. The first kappa shape index (κ1) is 33.9. The van der Waals surface area contributed by atoms with Crippen molar-refractivity contribution in [2.45, 2.75) is 9.79 Å². The minimum atomic E-state index is -4.73. The summed E-state index contributed by atoms with van der Waals surface area (Å²) in [5.41, 5.74) is -1.06. The minimum absolute atomic E-state index is 0. The summed E-state index contributed by atoms with van der Waals surface area (Å²) < 4.78 is 82.6. The topological polar surface area (TPSA) is 220 Å². The number of carbonyl (C=O) groups is 4. The van der Waals surface area contributed by atoms with Crippen molar-refractivity contribution in [3.05, 3.63) is 58.7 Å². The molecule has 0 N–H and O–H groups in total. The number of rotatable bonds is 6. The van der Waals surface area contributed by atoms with Crippen molar-refractivity contribution >= 4 is 67.2 Å². The predicted molar refractivity (Wildman–Crippen MR) is 120 cm³/mol. The average Bonchev–Trinajstić information content (AvgIpc) is 2.85. The Hall–Kier alpha value is -3.09. The number of carbonyl (C=O) groups excluding carboxylic acids is 4. The molecule has 2 aromatic rings. The van der Waals surface area contributed by atoms with Crippen LogP contribution in [-0.2, 0) is 39.2 Å². The van der Waals surface area contributed by atoms with Crippen molar-refractivity contribution in [3.8, 4) is 0 Å². The van der Waals surface area contributed by atoms with Gasteiger partial charge in [-0.3, -0.25) is 0 Å². The molecule has 14 nitrogen and oxygen atoms in total. The second-order valence-corrected chi connectivity index (χ2v) is 9.05. The van der Waals surface area contributed by atoms with Gasteiger partial charge >= 0.3 is 46.9 Å². The molecule has 0 unspecified atom stereocenters. The van der Waals surface area contributed by atoms with Crippen LogP contribution in [0.4, 0.5) is 0 Å². The fourth-order valence-electron chi connectivity index (χ4n) is 2.49. The molecular formula is C20H18MgO14S2. The van der Waals surface area contributed by atoms with Gasteiger partial charge in [-0.05, 0) is 36.4 Å². The van der Waals surface area contributed by atoms with Gasteiger partial charge in [0.15, 0.2) is 0 Å². The maximum Gasteiger partial charge on any atom is 2.00 e. The van der Waals surface area contributed by atoms with Crippen LogP contribution in [-0.4, -0.2) is 101 Å². The Kier molecular flexibility index (Phi) is 12.8. The summed E-state index contributed by atoms with van der Waals surface area (Å²) in [6, 6.07) is 5.43. The molecule has 17 heteroatoms. The quantitative estimate of drug-likeness (QED) is 0.192. The Bertz CT molecular complexity index is 1290. The molecule has 0 fully saturated rings. The summed E-state index contributed by atoms with van der Waals surface area (Å²) in [5, 5.41) is 0. The molecule has 0 atom stereocenters. The fourth-order valence-corrected chi connectivity index (χ4v) is 3.49. The Morgan fingerprint density at radius 2 is 0.784 bits per heavy atom. The van der Waals surface area contributed by atoms with E-state index in [-0.39, 0.29) is 45.3 Å². The van der Waals surface area contributed by atoms with Crippen molar-refractivity contribution < 1.29 is 64.1 Å². The number of ether oxygens (including phenoxy) is 4. The number of benzene rings is 2. The van der Waals surface area contributed by atoms with Crippen LogP contribution in [0.15, 0.2) is 46.2 Å². The van der Waals surface area contributed by atoms with Crippen LogP contribution in [0.5, 0.6) is 0 Å². The van der Waals surface area contributed by atoms with Crippen molar-refractivity contribution in [3.63, 3.8) is 0 Å². The van der Waals surface area contributed by atoms with E-state index in [2.05, 4.69) is 18.9 Å². The van der Waals surface area contributed by atoms with Gasteiger partial charge < -0.3 is 28.1 Å². The zero-order valence-corrected chi connectivity index (χ0v) is 22.8. The largest absolute Gasteiger partial charge is 2.00 e. The SMILES string of the molecule is COC(=O)c1ccc(S(=O)(=O)[O-])cc1C(=O)OC.COC(=O)c1ccc(S(=O)(=O)[O-])cc1C(=O)OC.[Mg+2]. The number of hydrogen-bond donors (Lipinski definition) is 0. The second-order valence-electron chi connectivity index (χ2n) is 6.29. The van der Waals surface area contributed by atoms with Gasteiger partial charge in [-0.15, -0.1) is 0 Å². The molecule has 2 rings (SSSR count). The Morgan fingerprint density at radius 1 is 0.541 bits per heavy atom. The smallest absolute Gasteiger partial charge is 0.744 e. The summed E-state index contributed by atoms with van der Waals surface area (Å²) in [6.45, 7) is 0. The van der Waals surface area contributed by atoms with Crippen LogP contribution >= 0.6 is 0 Å². The minimum Gasteiger partial charge on any atom is -0.744 e. The first-order chi connectivity index (χ1) is 16.6. The van der Waals surface area contributed by atoms with E-state index in [1.165, 1.54) is 0 Å². The molecular weight excluding hydrogens is 553 g/mol. The van der Waals surface area contributed by atoms with Crippen molar-refractivity contribution in [1.29, 1.82) is 0 Å². The van der Waals surface area contributed by atoms with E-state index in [1.807, 2.05) is 0 Å². The number of hydrogen-bond acceptors (Lipinski definition) is 14. The van der Waals surface area contributed by atoms with Crippen LogP contribution in [0.3, 0.4) is 0 Å². The van der Waals surface area contributed by atoms with E-state index in [9.17, 15) is 45.1 Å². The molecule has 0 bridgehead atoms. The van der Waals surface area contributed by atoms with Crippen molar-refractivity contribution in [2.75, 3.05) is 28.4 Å². The summed E-state index contributed by atoms with van der Waals surface area (Å²) >= 11 is 0. The van der Waals surface area contributed by atoms with Crippen LogP contribution < -0.4 is 0 Å². The van der Waals surface area contributed by atoms with Crippen LogP contribution in [0.2, 0.25) is 0 Å². The van der Waals surface area contributed by atoms with Crippen LogP contribution in [0.1, 0.15) is 41.4 Å². The first-order valence-corrected chi connectivity index (χ1v) is 12.0. The van der Waals surface area contributed by atoms with E-state index >= 15 is 0 Å². The van der Waals surface area contributed by atoms with E-state index < -0.39 is 53.9 Å². The summed E-state index contributed by atoms with van der Waals surface area (Å²) in [5.74, 6) is -3.57. The molecule has 0 aliphatic carbocycles. The van der Waals surface area contributed by atoms with Gasteiger partial charge in [-0.1, -0.05) is 0 Å². The molecule has 0 saturated heterocycles. The Labute approximate surface area is 227 Å². The maximum atomic E-state index is 11.4. The van der Waals surface area contributed by atoms with Crippen LogP contribution in [0, 0.1) is 0 Å². The molecule has 37 heavy (non-hydrogen) atoms. The Balaban J connectivity index is 0.000000682. The number of esters is 4. The van der Waals surface area contributed by atoms with Gasteiger partial charge in [-0.2, -0.15) is 0 Å². The van der Waals surface area contributed by atoms with Crippen molar-refractivity contribution in [2.24, 2.45) is 0 Å². The summed E-state index contributed by atoms with van der Waals surface area (Å²) in [4.78, 5) is 44.3. The molecule has 196 valence electrons. The normalized spacial score (nSPS) is 10.5. The second kappa shape index (κ2) is 14.0. The Morgan fingerprint density at radius 3 is 1.00 bits per heavy atom. The summed E-state index contributed by atoms with van der Waals surface area (Å²) in [7, 11) is -5.14. The van der Waals surface area contributed by atoms with Gasteiger partial charge in [0.05, 0.1) is 60.5 Å². The third-order valence-corrected chi connectivity index (χ3v) is 5.84. The van der Waals surface area contributed by atoms with Gasteiger partial charge in [0.1, 0.15) is 20.2 Å². The van der Waals surface area contributed by atoms with Crippen molar-refractivity contribution in [1.82, 2.24) is 0 Å². The predicted octanol–water partition coefficient (Wildman–Crippen LogP) is -0.0530. The third-order valence-electron chi connectivity index (χ3n) is 4.18. The first-order valence-electron chi connectivity index (χ1n) is 9.15. The van der Waals surface area contributed by atoms with E-state index in [0.717, 1.165) is 64.8 Å². The molecule has 0 aliphatic rings. The molecule has 0 saturated carbocycles. The fraction of sp³-hybridized carbons (Fsp3) is 0.200. The van der Waals surface area contributed by atoms with Gasteiger partial charge in [0, 0.05) is 0 Å². The molecule has 2 aromatic carbocycles. The van der Waals surface area contributed by atoms with E-state index in [0.29, 0.717) is 0 Å². The molecule has 0 heterocycles. The third kappa shape index (κ3) is 9.06. The summed E-state index contributed by atoms with van der Waals surface area (Å²) in [6.07, 6.45) is 0. The molecule has 0 aromatic heterocycles. The zero-order chi connectivity index (χ0) is 27.8. The average molecular weight is 571 g/mol.